The summed E-state index contributed by atoms with van der Waals surface area (Å²) in [7, 11) is 1.74. The van der Waals surface area contributed by atoms with E-state index in [4.69, 9.17) is 9.47 Å². The highest BCUT2D eigenvalue weighted by Gasteiger charge is 2.22. The molecule has 0 bridgehead atoms. The van der Waals surface area contributed by atoms with Crippen molar-refractivity contribution in [3.8, 4) is 11.5 Å². The molecule has 1 aliphatic carbocycles. The van der Waals surface area contributed by atoms with Gasteiger partial charge in [-0.2, -0.15) is 0 Å². The minimum absolute atomic E-state index is 0. The maximum atomic E-state index is 6.05. The Labute approximate surface area is 203 Å². The molecule has 0 aromatic heterocycles. The Morgan fingerprint density at radius 1 is 0.788 bits per heavy atom. The molecule has 0 N–H and O–H groups in total. The van der Waals surface area contributed by atoms with Gasteiger partial charge >= 0.3 is 0 Å². The van der Waals surface area contributed by atoms with Gasteiger partial charge in [0.15, 0.2) is 0 Å². The molecule has 2 aliphatic rings. The quantitative estimate of drug-likeness (QED) is 0.541. The van der Waals surface area contributed by atoms with Crippen LogP contribution in [0.25, 0.3) is 11.1 Å². The van der Waals surface area contributed by atoms with Gasteiger partial charge in [-0.3, -0.25) is 4.90 Å². The molecule has 1 heterocycles. The summed E-state index contributed by atoms with van der Waals surface area (Å²) >= 11 is 0. The molecule has 1 saturated heterocycles. The Morgan fingerprint density at radius 2 is 1.52 bits per heavy atom. The van der Waals surface area contributed by atoms with E-state index in [0.717, 1.165) is 37.5 Å². The first-order valence-corrected chi connectivity index (χ1v) is 11.7. The number of methoxy groups -OCH3 is 1. The molecular formula is C29H31ClNO2-. The molecule has 5 rings (SSSR count). The van der Waals surface area contributed by atoms with E-state index in [0.29, 0.717) is 0 Å². The topological polar surface area (TPSA) is 21.7 Å². The Bertz CT molecular complexity index is 1090. The highest BCUT2D eigenvalue weighted by atomic mass is 35.5. The molecule has 3 aromatic carbocycles. The molecule has 0 radical (unpaired) electrons. The van der Waals surface area contributed by atoms with Gasteiger partial charge in [0.25, 0.3) is 0 Å². The number of hydrogen-bond acceptors (Lipinski definition) is 3. The van der Waals surface area contributed by atoms with Crippen molar-refractivity contribution in [1.82, 2.24) is 4.90 Å². The normalized spacial score (nSPS) is 15.7. The third kappa shape index (κ3) is 5.26. The number of halogens is 1. The summed E-state index contributed by atoms with van der Waals surface area (Å²) < 4.78 is 11.5. The highest BCUT2D eigenvalue weighted by molar-refractivity contribution is 6.00. The number of nitrogens with zero attached hydrogens (tertiary/aromatic N) is 1. The number of likely N-dealkylation sites (tertiary alicyclic amines) is 1. The number of benzene rings is 3. The average Bonchev–Trinajstić information content (AvgIpc) is 3.37. The Morgan fingerprint density at radius 3 is 2.24 bits per heavy atom. The van der Waals surface area contributed by atoms with Crippen LogP contribution in [-0.2, 0) is 6.42 Å². The predicted molar refractivity (Wildman–Crippen MR) is 131 cm³/mol. The Kier molecular flexibility index (Phi) is 7.74. The summed E-state index contributed by atoms with van der Waals surface area (Å²) in [5, 5.41) is 0. The lowest BCUT2D eigenvalue weighted by molar-refractivity contribution is -0.00000711. The third-order valence-corrected chi connectivity index (χ3v) is 6.67. The van der Waals surface area contributed by atoms with Crippen molar-refractivity contribution >= 4 is 11.1 Å². The maximum absolute atomic E-state index is 6.05. The lowest BCUT2D eigenvalue weighted by Gasteiger charge is -2.25. The van der Waals surface area contributed by atoms with E-state index in [-0.39, 0.29) is 12.4 Å². The maximum Gasteiger partial charge on any atom is 0.119 e. The number of hydrogen-bond donors (Lipinski definition) is 0. The number of allylic oxidation sites excluding steroid dienone is 1. The van der Waals surface area contributed by atoms with E-state index in [9.17, 15) is 0 Å². The second-order valence-corrected chi connectivity index (χ2v) is 8.66. The van der Waals surface area contributed by atoms with Gasteiger partial charge in [-0.25, -0.2) is 0 Å². The SMILES string of the molecule is COc1ccc2c(c1)CCC(c1ccccc1)=C2c1ccc(OCCN2CCCC2)cc1.[Cl-]. The number of ether oxygens (including phenoxy) is 2. The first-order valence-electron chi connectivity index (χ1n) is 11.7. The van der Waals surface area contributed by atoms with Gasteiger partial charge < -0.3 is 21.9 Å². The molecule has 3 aromatic rings. The predicted octanol–water partition coefficient (Wildman–Crippen LogP) is 3.08. The third-order valence-electron chi connectivity index (χ3n) is 6.67. The Hall–Kier alpha value is -2.75. The minimum atomic E-state index is 0. The monoisotopic (exact) mass is 460 g/mol. The van der Waals surface area contributed by atoms with Gasteiger partial charge in [-0.05, 0) is 96.4 Å². The van der Waals surface area contributed by atoms with Crippen molar-refractivity contribution < 1.29 is 21.9 Å². The Balaban J connectivity index is 0.00000259. The molecule has 1 fully saturated rings. The van der Waals surface area contributed by atoms with Gasteiger partial charge in [-0.1, -0.05) is 48.5 Å². The summed E-state index contributed by atoms with van der Waals surface area (Å²) in [5.41, 5.74) is 7.93. The van der Waals surface area contributed by atoms with Crippen LogP contribution in [0.15, 0.2) is 72.8 Å². The van der Waals surface area contributed by atoms with Crippen LogP contribution >= 0.6 is 0 Å². The molecule has 0 unspecified atom stereocenters. The number of rotatable bonds is 7. The standard InChI is InChI=1S/C29H31NO2.ClH/c1-31-26-14-16-28-24(21-26)11-15-27(22-7-3-2-4-8-22)29(28)23-9-12-25(13-10-23)32-20-19-30-17-5-6-18-30;/h2-4,7-10,12-14,16,21H,5-6,11,15,17-20H2,1H3;1H/p-1. The molecule has 0 amide bonds. The van der Waals surface area contributed by atoms with E-state index in [1.54, 1.807) is 7.11 Å². The molecular weight excluding hydrogens is 430 g/mol. The van der Waals surface area contributed by atoms with E-state index in [2.05, 4.69) is 77.7 Å². The largest absolute Gasteiger partial charge is 1.00 e. The average molecular weight is 461 g/mol. The zero-order valence-corrected chi connectivity index (χ0v) is 20.0. The van der Waals surface area contributed by atoms with Crippen molar-refractivity contribution in [3.05, 3.63) is 95.1 Å². The van der Waals surface area contributed by atoms with E-state index >= 15 is 0 Å². The van der Waals surface area contributed by atoms with Crippen molar-refractivity contribution in [2.24, 2.45) is 0 Å². The van der Waals surface area contributed by atoms with Crippen LogP contribution in [0.1, 0.15) is 41.5 Å². The van der Waals surface area contributed by atoms with Gasteiger partial charge in [0, 0.05) is 6.54 Å². The van der Waals surface area contributed by atoms with Gasteiger partial charge in [0.1, 0.15) is 18.1 Å². The van der Waals surface area contributed by atoms with Crippen LogP contribution in [0, 0.1) is 0 Å². The van der Waals surface area contributed by atoms with Gasteiger partial charge in [-0.15, -0.1) is 0 Å². The minimum Gasteiger partial charge on any atom is -1.00 e. The molecule has 0 saturated carbocycles. The molecule has 0 atom stereocenters. The van der Waals surface area contributed by atoms with Crippen molar-refractivity contribution in [3.63, 3.8) is 0 Å². The fourth-order valence-corrected chi connectivity index (χ4v) is 4.97. The second kappa shape index (κ2) is 10.9. The zero-order chi connectivity index (χ0) is 21.8. The van der Waals surface area contributed by atoms with Crippen molar-refractivity contribution in [2.75, 3.05) is 33.4 Å². The van der Waals surface area contributed by atoms with Crippen LogP contribution in [0.3, 0.4) is 0 Å². The molecule has 1 aliphatic heterocycles. The fourth-order valence-electron chi connectivity index (χ4n) is 4.97. The van der Waals surface area contributed by atoms with E-state index in [1.165, 1.54) is 59.3 Å². The molecule has 33 heavy (non-hydrogen) atoms. The first kappa shape index (κ1) is 23.4. The number of fused-ring (bicyclic) bond motifs is 1. The van der Waals surface area contributed by atoms with Gasteiger partial charge in [0.05, 0.1) is 7.11 Å². The van der Waals surface area contributed by atoms with Crippen LogP contribution in [0.5, 0.6) is 11.5 Å². The molecule has 3 nitrogen and oxygen atoms in total. The summed E-state index contributed by atoms with van der Waals surface area (Å²) in [6.07, 6.45) is 4.69. The van der Waals surface area contributed by atoms with Crippen LogP contribution in [0.4, 0.5) is 0 Å². The van der Waals surface area contributed by atoms with Gasteiger partial charge in [0.2, 0.25) is 0 Å². The highest BCUT2D eigenvalue weighted by Crippen LogP contribution is 2.42. The number of aryl methyl sites for hydroxylation is 1. The fraction of sp³-hybridized carbons (Fsp3) is 0.310. The van der Waals surface area contributed by atoms with Crippen LogP contribution in [-0.4, -0.2) is 38.3 Å². The van der Waals surface area contributed by atoms with E-state index in [1.807, 2.05) is 0 Å². The van der Waals surface area contributed by atoms with Crippen molar-refractivity contribution in [2.45, 2.75) is 25.7 Å². The summed E-state index contributed by atoms with van der Waals surface area (Å²) in [6.45, 7) is 4.19. The molecule has 4 heteroatoms. The first-order chi connectivity index (χ1) is 15.8. The lowest BCUT2D eigenvalue weighted by Crippen LogP contribution is -3.00. The smallest absolute Gasteiger partial charge is 0.119 e. The lowest BCUT2D eigenvalue weighted by atomic mass is 9.79. The van der Waals surface area contributed by atoms with Crippen LogP contribution in [0.2, 0.25) is 0 Å². The summed E-state index contributed by atoms with van der Waals surface area (Å²) in [6, 6.07) is 25.9. The van der Waals surface area contributed by atoms with E-state index < -0.39 is 0 Å². The van der Waals surface area contributed by atoms with Crippen LogP contribution < -0.4 is 21.9 Å². The zero-order valence-electron chi connectivity index (χ0n) is 19.2. The second-order valence-electron chi connectivity index (χ2n) is 8.66. The molecule has 0 spiro atoms. The summed E-state index contributed by atoms with van der Waals surface area (Å²) in [5.74, 6) is 1.87. The molecule has 172 valence electrons. The van der Waals surface area contributed by atoms with Crippen molar-refractivity contribution in [1.29, 1.82) is 0 Å². The summed E-state index contributed by atoms with van der Waals surface area (Å²) in [4.78, 5) is 2.48.